The van der Waals surface area contributed by atoms with Crippen molar-refractivity contribution in [2.45, 2.75) is 32.6 Å². The maximum absolute atomic E-state index is 11.3. The minimum atomic E-state index is -0.964. The van der Waals surface area contributed by atoms with E-state index in [1.54, 1.807) is 0 Å². The summed E-state index contributed by atoms with van der Waals surface area (Å²) in [4.78, 5) is 11.3. The van der Waals surface area contributed by atoms with E-state index in [0.717, 1.165) is 0 Å². The van der Waals surface area contributed by atoms with Crippen molar-refractivity contribution < 1.29 is 14.4 Å². The minimum absolute atomic E-state index is 0.203. The molecule has 0 spiro atoms. The molecule has 2 aromatic rings. The van der Waals surface area contributed by atoms with Crippen LogP contribution in [-0.2, 0) is 12.8 Å². The molecule has 2 rings (SSSR count). The summed E-state index contributed by atoms with van der Waals surface area (Å²) in [6.45, 7) is 3.92. The molecule has 1 N–H and O–H groups in total. The van der Waals surface area contributed by atoms with E-state index in [0.29, 0.717) is 24.3 Å². The van der Waals surface area contributed by atoms with E-state index < -0.39 is 5.97 Å². The van der Waals surface area contributed by atoms with Gasteiger partial charge >= 0.3 is 5.97 Å². The van der Waals surface area contributed by atoms with Crippen LogP contribution in [0.15, 0.2) is 34.9 Å². The smallest absolute Gasteiger partial charge is 0.341 e. The second-order valence-electron chi connectivity index (χ2n) is 4.60. The summed E-state index contributed by atoms with van der Waals surface area (Å²) in [6.07, 6.45) is 1.10. The molecule has 100 valence electrons. The molecule has 1 heterocycles. The molecular formula is C15H17NO3. The van der Waals surface area contributed by atoms with Crippen LogP contribution >= 0.6 is 0 Å². The summed E-state index contributed by atoms with van der Waals surface area (Å²) in [5.74, 6) is -0.315. The van der Waals surface area contributed by atoms with Crippen molar-refractivity contribution in [2.75, 3.05) is 0 Å². The largest absolute Gasteiger partial charge is 0.477 e. The van der Waals surface area contributed by atoms with Gasteiger partial charge in [0.15, 0.2) is 5.76 Å². The van der Waals surface area contributed by atoms with Crippen LogP contribution in [0.5, 0.6) is 0 Å². The highest BCUT2D eigenvalue weighted by Gasteiger charge is 2.22. The first-order valence-corrected chi connectivity index (χ1v) is 6.39. The van der Waals surface area contributed by atoms with Crippen molar-refractivity contribution in [3.8, 4) is 0 Å². The molecule has 0 radical (unpaired) electrons. The maximum atomic E-state index is 11.3. The molecule has 1 aromatic carbocycles. The highest BCUT2D eigenvalue weighted by atomic mass is 16.5. The zero-order valence-corrected chi connectivity index (χ0v) is 11.1. The van der Waals surface area contributed by atoms with E-state index in [9.17, 15) is 9.90 Å². The van der Waals surface area contributed by atoms with Crippen LogP contribution in [-0.4, -0.2) is 16.2 Å². The summed E-state index contributed by atoms with van der Waals surface area (Å²) < 4.78 is 5.11. The topological polar surface area (TPSA) is 63.3 Å². The Hall–Kier alpha value is -2.10. The second kappa shape index (κ2) is 5.69. The van der Waals surface area contributed by atoms with Crippen LogP contribution < -0.4 is 0 Å². The van der Waals surface area contributed by atoms with Gasteiger partial charge in [0.2, 0.25) is 0 Å². The summed E-state index contributed by atoms with van der Waals surface area (Å²) in [7, 11) is 0. The lowest BCUT2D eigenvalue weighted by Gasteiger charge is -2.10. The molecule has 1 unspecified atom stereocenters. The Morgan fingerprint density at radius 1 is 1.37 bits per heavy atom. The number of hydrogen-bond donors (Lipinski definition) is 1. The van der Waals surface area contributed by atoms with E-state index in [1.807, 2.05) is 37.3 Å². The standard InChI is InChI=1S/C15H17NO3/c1-3-13-14(15(17)18)12(16-19-13)9-10(2)11-7-5-4-6-8-11/h4-8,10H,3,9H2,1-2H3,(H,17,18). The van der Waals surface area contributed by atoms with Crippen LogP contribution in [0, 0.1) is 0 Å². The summed E-state index contributed by atoms with van der Waals surface area (Å²) in [6, 6.07) is 9.98. The molecule has 1 aromatic heterocycles. The Morgan fingerprint density at radius 2 is 2.05 bits per heavy atom. The average molecular weight is 259 g/mol. The molecule has 0 amide bonds. The number of benzene rings is 1. The van der Waals surface area contributed by atoms with Gasteiger partial charge in [0.05, 0.1) is 5.69 Å². The molecule has 0 saturated heterocycles. The monoisotopic (exact) mass is 259 g/mol. The van der Waals surface area contributed by atoms with E-state index in [-0.39, 0.29) is 11.5 Å². The maximum Gasteiger partial charge on any atom is 0.341 e. The van der Waals surface area contributed by atoms with Gasteiger partial charge < -0.3 is 9.63 Å². The fourth-order valence-corrected chi connectivity index (χ4v) is 2.18. The lowest BCUT2D eigenvalue weighted by atomic mass is 9.94. The SMILES string of the molecule is CCc1onc(CC(C)c2ccccc2)c1C(=O)O. The van der Waals surface area contributed by atoms with E-state index in [1.165, 1.54) is 5.56 Å². The first-order valence-electron chi connectivity index (χ1n) is 6.39. The number of aromatic nitrogens is 1. The van der Waals surface area contributed by atoms with Crippen LogP contribution in [0.4, 0.5) is 0 Å². The number of rotatable bonds is 5. The molecule has 0 fully saturated rings. The van der Waals surface area contributed by atoms with Crippen molar-refractivity contribution >= 4 is 5.97 Å². The molecule has 0 aliphatic carbocycles. The van der Waals surface area contributed by atoms with Gasteiger partial charge in [-0.3, -0.25) is 0 Å². The van der Waals surface area contributed by atoms with E-state index in [2.05, 4.69) is 12.1 Å². The third kappa shape index (κ3) is 2.84. The molecule has 0 aliphatic heterocycles. The number of carbonyl (C=O) groups is 1. The molecule has 4 nitrogen and oxygen atoms in total. The number of nitrogens with zero attached hydrogens (tertiary/aromatic N) is 1. The summed E-state index contributed by atoms with van der Waals surface area (Å²) in [5, 5.41) is 13.2. The Morgan fingerprint density at radius 3 is 2.63 bits per heavy atom. The minimum Gasteiger partial charge on any atom is -0.477 e. The zero-order valence-electron chi connectivity index (χ0n) is 11.1. The fourth-order valence-electron chi connectivity index (χ4n) is 2.18. The third-order valence-corrected chi connectivity index (χ3v) is 3.24. The highest BCUT2D eigenvalue weighted by Crippen LogP contribution is 2.23. The van der Waals surface area contributed by atoms with Crippen molar-refractivity contribution in [3.63, 3.8) is 0 Å². The van der Waals surface area contributed by atoms with Crippen LogP contribution in [0.1, 0.15) is 47.1 Å². The van der Waals surface area contributed by atoms with Crippen LogP contribution in [0.25, 0.3) is 0 Å². The first kappa shape index (κ1) is 13.3. The summed E-state index contributed by atoms with van der Waals surface area (Å²) >= 11 is 0. The Kier molecular flexibility index (Phi) is 4.00. The summed E-state index contributed by atoms with van der Waals surface area (Å²) in [5.41, 5.74) is 1.92. The van der Waals surface area contributed by atoms with Crippen LogP contribution in [0.3, 0.4) is 0 Å². The van der Waals surface area contributed by atoms with Gasteiger partial charge in [-0.25, -0.2) is 4.79 Å². The Bertz CT molecular complexity index is 560. The quantitative estimate of drug-likeness (QED) is 0.895. The van der Waals surface area contributed by atoms with Gasteiger partial charge in [0.25, 0.3) is 0 Å². The molecule has 0 aliphatic rings. The highest BCUT2D eigenvalue weighted by molar-refractivity contribution is 5.90. The van der Waals surface area contributed by atoms with Gasteiger partial charge in [-0.2, -0.15) is 0 Å². The number of carboxylic acid groups (broad SMARTS) is 1. The molecule has 0 saturated carbocycles. The lowest BCUT2D eigenvalue weighted by molar-refractivity contribution is 0.0693. The Balaban J connectivity index is 2.24. The Labute approximate surface area is 112 Å². The van der Waals surface area contributed by atoms with Gasteiger partial charge in [0.1, 0.15) is 5.56 Å². The van der Waals surface area contributed by atoms with E-state index >= 15 is 0 Å². The number of hydrogen-bond acceptors (Lipinski definition) is 3. The number of aryl methyl sites for hydroxylation is 1. The van der Waals surface area contributed by atoms with Crippen molar-refractivity contribution in [3.05, 3.63) is 52.9 Å². The van der Waals surface area contributed by atoms with Gasteiger partial charge in [-0.1, -0.05) is 49.3 Å². The lowest BCUT2D eigenvalue weighted by Crippen LogP contribution is -2.06. The van der Waals surface area contributed by atoms with Crippen LogP contribution in [0.2, 0.25) is 0 Å². The predicted molar refractivity (Wildman–Crippen MR) is 71.4 cm³/mol. The molecule has 1 atom stereocenters. The van der Waals surface area contributed by atoms with Gasteiger partial charge in [-0.15, -0.1) is 0 Å². The normalized spacial score (nSPS) is 12.3. The average Bonchev–Trinajstić information content (AvgIpc) is 2.82. The van der Waals surface area contributed by atoms with Crippen molar-refractivity contribution in [2.24, 2.45) is 0 Å². The zero-order chi connectivity index (χ0) is 13.8. The first-order chi connectivity index (χ1) is 9.13. The van der Waals surface area contributed by atoms with Gasteiger partial charge in [0, 0.05) is 12.8 Å². The molecule has 4 heteroatoms. The van der Waals surface area contributed by atoms with E-state index in [4.69, 9.17) is 4.52 Å². The third-order valence-electron chi connectivity index (χ3n) is 3.24. The molecular weight excluding hydrogens is 242 g/mol. The molecule has 0 bridgehead atoms. The predicted octanol–water partition coefficient (Wildman–Crippen LogP) is 3.28. The number of aromatic carboxylic acids is 1. The van der Waals surface area contributed by atoms with Crippen molar-refractivity contribution in [1.82, 2.24) is 5.16 Å². The number of carboxylic acids is 1. The fraction of sp³-hybridized carbons (Fsp3) is 0.333. The van der Waals surface area contributed by atoms with Crippen molar-refractivity contribution in [1.29, 1.82) is 0 Å². The van der Waals surface area contributed by atoms with Gasteiger partial charge in [-0.05, 0) is 11.5 Å². The molecule has 19 heavy (non-hydrogen) atoms. The second-order valence-corrected chi connectivity index (χ2v) is 4.60.